The van der Waals surface area contributed by atoms with Crippen LogP contribution in [-0.4, -0.2) is 16.5 Å². The van der Waals surface area contributed by atoms with E-state index in [0.717, 1.165) is 17.7 Å². The molecule has 19 heavy (non-hydrogen) atoms. The van der Waals surface area contributed by atoms with Crippen molar-refractivity contribution in [2.75, 3.05) is 11.4 Å². The Hall–Kier alpha value is -2.12. The van der Waals surface area contributed by atoms with Crippen LogP contribution in [0.1, 0.15) is 13.3 Å². The number of halogens is 1. The van der Waals surface area contributed by atoms with Gasteiger partial charge in [-0.2, -0.15) is 5.26 Å². The van der Waals surface area contributed by atoms with Crippen LogP contribution in [0.3, 0.4) is 0 Å². The van der Waals surface area contributed by atoms with Gasteiger partial charge in [-0.05, 0) is 24.6 Å². The number of nitriles is 1. The van der Waals surface area contributed by atoms with Gasteiger partial charge in [0.1, 0.15) is 0 Å². The van der Waals surface area contributed by atoms with E-state index in [1.807, 2.05) is 37.3 Å². The van der Waals surface area contributed by atoms with Crippen LogP contribution in [0, 0.1) is 11.5 Å². The maximum atomic E-state index is 9.09. The van der Waals surface area contributed by atoms with E-state index >= 15 is 0 Å². The number of hydrogen-bond donors (Lipinski definition) is 0. The number of aromatic nitrogens is 2. The second kappa shape index (κ2) is 6.17. The first-order valence-electron chi connectivity index (χ1n) is 6.01. The van der Waals surface area contributed by atoms with Gasteiger partial charge in [0.05, 0.1) is 5.69 Å². The van der Waals surface area contributed by atoms with Gasteiger partial charge in [-0.25, -0.2) is 14.9 Å². The van der Waals surface area contributed by atoms with Crippen molar-refractivity contribution in [3.63, 3.8) is 0 Å². The van der Waals surface area contributed by atoms with E-state index in [4.69, 9.17) is 16.9 Å². The summed E-state index contributed by atoms with van der Waals surface area (Å²) in [6.07, 6.45) is 4.62. The Kier molecular flexibility index (Phi) is 4.32. The molecule has 0 aliphatic heterocycles. The summed E-state index contributed by atoms with van der Waals surface area (Å²) in [5.41, 5.74) is 1.72. The molecule has 0 saturated carbocycles. The predicted molar refractivity (Wildman–Crippen MR) is 75.7 cm³/mol. The van der Waals surface area contributed by atoms with Gasteiger partial charge in [-0.15, -0.1) is 0 Å². The summed E-state index contributed by atoms with van der Waals surface area (Å²) in [4.78, 5) is 10.0. The summed E-state index contributed by atoms with van der Waals surface area (Å²) in [7, 11) is 0. The lowest BCUT2D eigenvalue weighted by Crippen LogP contribution is -2.19. The van der Waals surface area contributed by atoms with Crippen molar-refractivity contribution < 1.29 is 0 Å². The molecule has 0 spiro atoms. The molecule has 96 valence electrons. The van der Waals surface area contributed by atoms with Gasteiger partial charge in [0, 0.05) is 23.3 Å². The average Bonchev–Trinajstić information content (AvgIpc) is 2.45. The molecule has 0 saturated heterocycles. The standard InChI is InChI=1S/C14H13ClN4/c1-2-9-19(10-16)14-17-8-7-13(18-14)11-3-5-12(15)6-4-11/h3-8H,2,9H2,1H3. The molecule has 1 aromatic heterocycles. The Labute approximate surface area is 117 Å². The number of hydrogen-bond acceptors (Lipinski definition) is 4. The summed E-state index contributed by atoms with van der Waals surface area (Å²) in [5.74, 6) is 0.428. The number of anilines is 1. The number of benzene rings is 1. The van der Waals surface area contributed by atoms with Crippen LogP contribution in [0.15, 0.2) is 36.5 Å². The van der Waals surface area contributed by atoms with E-state index in [2.05, 4.69) is 16.2 Å². The van der Waals surface area contributed by atoms with E-state index in [-0.39, 0.29) is 0 Å². The summed E-state index contributed by atoms with van der Waals surface area (Å²) in [5, 5.41) is 9.77. The lowest BCUT2D eigenvalue weighted by molar-refractivity contribution is 0.855. The van der Waals surface area contributed by atoms with Gasteiger partial charge in [0.15, 0.2) is 6.19 Å². The van der Waals surface area contributed by atoms with Gasteiger partial charge >= 0.3 is 0 Å². The molecule has 0 fully saturated rings. The first-order chi connectivity index (χ1) is 9.24. The molecular formula is C14H13ClN4. The zero-order valence-electron chi connectivity index (χ0n) is 10.5. The molecule has 0 N–H and O–H groups in total. The Bertz CT molecular complexity index is 589. The minimum Gasteiger partial charge on any atom is -0.247 e. The summed E-state index contributed by atoms with van der Waals surface area (Å²) >= 11 is 5.86. The molecule has 0 radical (unpaired) electrons. The quantitative estimate of drug-likeness (QED) is 0.631. The highest BCUT2D eigenvalue weighted by Crippen LogP contribution is 2.21. The highest BCUT2D eigenvalue weighted by atomic mass is 35.5. The highest BCUT2D eigenvalue weighted by molar-refractivity contribution is 6.30. The fourth-order valence-electron chi connectivity index (χ4n) is 1.68. The van der Waals surface area contributed by atoms with Crippen molar-refractivity contribution in [2.45, 2.75) is 13.3 Å². The zero-order valence-corrected chi connectivity index (χ0v) is 11.3. The Morgan fingerprint density at radius 1 is 1.26 bits per heavy atom. The topological polar surface area (TPSA) is 52.8 Å². The Morgan fingerprint density at radius 2 is 2.00 bits per heavy atom. The second-order valence-electron chi connectivity index (χ2n) is 4.00. The predicted octanol–water partition coefficient (Wildman–Crippen LogP) is 3.49. The van der Waals surface area contributed by atoms with Gasteiger partial charge < -0.3 is 0 Å². The minimum atomic E-state index is 0.428. The van der Waals surface area contributed by atoms with Gasteiger partial charge in [-0.1, -0.05) is 30.7 Å². The second-order valence-corrected chi connectivity index (χ2v) is 4.44. The number of rotatable bonds is 4. The fourth-order valence-corrected chi connectivity index (χ4v) is 1.80. The molecular weight excluding hydrogens is 260 g/mol. The molecule has 1 heterocycles. The lowest BCUT2D eigenvalue weighted by Gasteiger charge is -2.12. The lowest BCUT2D eigenvalue weighted by atomic mass is 10.1. The Morgan fingerprint density at radius 3 is 2.63 bits per heavy atom. The molecule has 2 aromatic rings. The monoisotopic (exact) mass is 272 g/mol. The number of nitrogens with zero attached hydrogens (tertiary/aromatic N) is 4. The van der Waals surface area contributed by atoms with Gasteiger partial charge in [0.25, 0.3) is 0 Å². The fraction of sp³-hybridized carbons (Fsp3) is 0.214. The molecule has 0 unspecified atom stereocenters. The molecule has 5 heteroatoms. The first kappa shape index (κ1) is 13.3. The summed E-state index contributed by atoms with van der Waals surface area (Å²) in [6.45, 7) is 2.62. The third-order valence-electron chi connectivity index (χ3n) is 2.59. The van der Waals surface area contributed by atoms with Crippen molar-refractivity contribution in [1.82, 2.24) is 9.97 Å². The largest absolute Gasteiger partial charge is 0.247 e. The van der Waals surface area contributed by atoms with E-state index in [1.165, 1.54) is 4.90 Å². The van der Waals surface area contributed by atoms with Gasteiger partial charge in [0.2, 0.25) is 5.95 Å². The van der Waals surface area contributed by atoms with Crippen LogP contribution in [0.25, 0.3) is 11.3 Å². The smallest absolute Gasteiger partial charge is 0.239 e. The normalized spacial score (nSPS) is 9.95. The van der Waals surface area contributed by atoms with Crippen molar-refractivity contribution in [3.05, 3.63) is 41.6 Å². The minimum absolute atomic E-state index is 0.428. The highest BCUT2D eigenvalue weighted by Gasteiger charge is 2.09. The Balaban J connectivity index is 2.34. The van der Waals surface area contributed by atoms with Crippen LogP contribution in [0.2, 0.25) is 5.02 Å². The van der Waals surface area contributed by atoms with Gasteiger partial charge in [-0.3, -0.25) is 0 Å². The van der Waals surface area contributed by atoms with Crippen molar-refractivity contribution in [2.24, 2.45) is 0 Å². The third kappa shape index (κ3) is 3.21. The molecule has 1 aromatic carbocycles. The van der Waals surface area contributed by atoms with Crippen LogP contribution >= 0.6 is 11.6 Å². The van der Waals surface area contributed by atoms with Crippen LogP contribution in [0.5, 0.6) is 0 Å². The molecule has 0 atom stereocenters. The molecule has 0 amide bonds. The first-order valence-corrected chi connectivity index (χ1v) is 6.38. The van der Waals surface area contributed by atoms with Crippen molar-refractivity contribution in [1.29, 1.82) is 5.26 Å². The third-order valence-corrected chi connectivity index (χ3v) is 2.84. The summed E-state index contributed by atoms with van der Waals surface area (Å²) < 4.78 is 0. The average molecular weight is 273 g/mol. The van der Waals surface area contributed by atoms with E-state index in [0.29, 0.717) is 17.5 Å². The van der Waals surface area contributed by atoms with E-state index in [9.17, 15) is 0 Å². The SMILES string of the molecule is CCCN(C#N)c1nccc(-c2ccc(Cl)cc2)n1. The molecule has 2 rings (SSSR count). The van der Waals surface area contributed by atoms with Crippen LogP contribution in [-0.2, 0) is 0 Å². The van der Waals surface area contributed by atoms with Crippen molar-refractivity contribution >= 4 is 17.5 Å². The molecule has 0 bridgehead atoms. The maximum Gasteiger partial charge on any atom is 0.239 e. The summed E-state index contributed by atoms with van der Waals surface area (Å²) in [6, 6.07) is 9.23. The maximum absolute atomic E-state index is 9.09. The van der Waals surface area contributed by atoms with Crippen LogP contribution in [0.4, 0.5) is 5.95 Å². The van der Waals surface area contributed by atoms with Crippen molar-refractivity contribution in [3.8, 4) is 17.5 Å². The zero-order chi connectivity index (χ0) is 13.7. The molecule has 0 aliphatic carbocycles. The van der Waals surface area contributed by atoms with E-state index < -0.39 is 0 Å². The van der Waals surface area contributed by atoms with E-state index in [1.54, 1.807) is 6.20 Å². The molecule has 4 nitrogen and oxygen atoms in total. The molecule has 0 aliphatic rings. The van der Waals surface area contributed by atoms with Crippen LogP contribution < -0.4 is 4.90 Å².